The Bertz CT molecular complexity index is 1640. The van der Waals surface area contributed by atoms with Crippen molar-refractivity contribution < 1.29 is 17.9 Å². The Hall–Kier alpha value is -3.09. The number of carbonyl (C=O) groups excluding carboxylic acids is 1. The minimum absolute atomic E-state index is 0.0910. The maximum absolute atomic E-state index is 13.4. The van der Waals surface area contributed by atoms with Crippen LogP contribution in [0.4, 0.5) is 5.69 Å². The van der Waals surface area contributed by atoms with E-state index in [1.807, 2.05) is 43.0 Å². The Labute approximate surface area is 255 Å². The first-order valence-electron chi connectivity index (χ1n) is 13.7. The number of nitrogens with zero attached hydrogens (tertiary/aromatic N) is 3. The molecule has 1 amide bonds. The van der Waals surface area contributed by atoms with Gasteiger partial charge in [-0.25, -0.2) is 13.4 Å². The number of aromatic nitrogens is 2. The number of carbonyl (C=O) groups is 1. The Morgan fingerprint density at radius 2 is 1.93 bits per heavy atom. The zero-order valence-electron chi connectivity index (χ0n) is 23.5. The molecular formula is C30H34ClN5O4S2. The summed E-state index contributed by atoms with van der Waals surface area (Å²) in [7, 11) is -2.54. The van der Waals surface area contributed by atoms with Crippen LogP contribution in [0.3, 0.4) is 0 Å². The number of ether oxygens (including phenoxy) is 1. The second kappa shape index (κ2) is 13.5. The minimum atomic E-state index is -4.00. The normalized spacial score (nSPS) is 15.0. The van der Waals surface area contributed by atoms with Gasteiger partial charge in [0.15, 0.2) is 0 Å². The van der Waals surface area contributed by atoms with E-state index in [9.17, 15) is 13.2 Å². The number of anilines is 1. The van der Waals surface area contributed by atoms with Crippen molar-refractivity contribution in [2.45, 2.75) is 22.8 Å². The molecule has 0 bridgehead atoms. The Morgan fingerprint density at radius 3 is 2.67 bits per heavy atom. The Morgan fingerprint density at radius 1 is 1.17 bits per heavy atom. The van der Waals surface area contributed by atoms with Crippen LogP contribution in [0.1, 0.15) is 21.6 Å². The van der Waals surface area contributed by atoms with Crippen molar-refractivity contribution in [3.8, 4) is 0 Å². The Kier molecular flexibility index (Phi) is 9.74. The molecule has 2 aromatic heterocycles. The number of thioether (sulfide) groups is 1. The van der Waals surface area contributed by atoms with Gasteiger partial charge >= 0.3 is 0 Å². The zero-order valence-corrected chi connectivity index (χ0v) is 25.9. The SMILES string of the molecule is Cc1ccc(N(C)S(=O)(=O)c2cccnc2Cl)c2[nH]c(C(=O)NCC(CN3CCOCC3)SCc3ccccc3)cc12. The van der Waals surface area contributed by atoms with Crippen LogP contribution in [0.25, 0.3) is 10.9 Å². The van der Waals surface area contributed by atoms with Gasteiger partial charge in [0.25, 0.3) is 15.9 Å². The van der Waals surface area contributed by atoms with E-state index in [4.69, 9.17) is 16.3 Å². The third kappa shape index (κ3) is 6.92. The van der Waals surface area contributed by atoms with Crippen molar-refractivity contribution in [1.82, 2.24) is 20.2 Å². The van der Waals surface area contributed by atoms with E-state index in [1.54, 1.807) is 12.1 Å². The highest BCUT2D eigenvalue weighted by atomic mass is 35.5. The van der Waals surface area contributed by atoms with Gasteiger partial charge in [-0.2, -0.15) is 11.8 Å². The maximum Gasteiger partial charge on any atom is 0.267 e. The molecular weight excluding hydrogens is 594 g/mol. The third-order valence-corrected chi connectivity index (χ3v) is 10.8. The van der Waals surface area contributed by atoms with Crippen LogP contribution >= 0.6 is 23.4 Å². The van der Waals surface area contributed by atoms with Gasteiger partial charge in [0.05, 0.1) is 24.4 Å². The lowest BCUT2D eigenvalue weighted by molar-refractivity contribution is 0.0381. The predicted molar refractivity (Wildman–Crippen MR) is 169 cm³/mol. The molecule has 222 valence electrons. The number of amides is 1. The lowest BCUT2D eigenvalue weighted by Gasteiger charge is -2.30. The number of fused-ring (bicyclic) bond motifs is 1. The summed E-state index contributed by atoms with van der Waals surface area (Å²) >= 11 is 7.94. The van der Waals surface area contributed by atoms with Gasteiger partial charge < -0.3 is 15.0 Å². The van der Waals surface area contributed by atoms with E-state index < -0.39 is 10.0 Å². The fourth-order valence-electron chi connectivity index (χ4n) is 4.91. The monoisotopic (exact) mass is 627 g/mol. The summed E-state index contributed by atoms with van der Waals surface area (Å²) in [6.07, 6.45) is 1.44. The number of rotatable bonds is 11. The summed E-state index contributed by atoms with van der Waals surface area (Å²) in [6, 6.07) is 18.6. The first-order chi connectivity index (χ1) is 20.2. The van der Waals surface area contributed by atoms with Gasteiger partial charge in [-0.3, -0.25) is 14.0 Å². The van der Waals surface area contributed by atoms with Crippen molar-refractivity contribution in [1.29, 1.82) is 0 Å². The smallest absolute Gasteiger partial charge is 0.267 e. The molecule has 0 saturated carbocycles. The first kappa shape index (κ1) is 30.4. The number of aryl methyl sites for hydroxylation is 1. The molecule has 1 unspecified atom stereocenters. The Balaban J connectivity index is 1.34. The molecule has 3 heterocycles. The number of aromatic amines is 1. The van der Waals surface area contributed by atoms with E-state index in [2.05, 4.69) is 32.3 Å². The van der Waals surface area contributed by atoms with Crippen LogP contribution in [-0.2, 0) is 20.5 Å². The number of nitrogens with one attached hydrogen (secondary N) is 2. The fourth-order valence-corrected chi connectivity index (χ4v) is 7.68. The van der Waals surface area contributed by atoms with E-state index in [1.165, 1.54) is 30.9 Å². The van der Waals surface area contributed by atoms with Gasteiger partial charge in [-0.05, 0) is 42.3 Å². The molecule has 1 aliphatic heterocycles. The van der Waals surface area contributed by atoms with Crippen LogP contribution in [0, 0.1) is 6.92 Å². The topological polar surface area (TPSA) is 108 Å². The average molecular weight is 628 g/mol. The lowest BCUT2D eigenvalue weighted by atomic mass is 10.1. The molecule has 5 rings (SSSR count). The highest BCUT2D eigenvalue weighted by Gasteiger charge is 2.27. The highest BCUT2D eigenvalue weighted by Crippen LogP contribution is 2.33. The van der Waals surface area contributed by atoms with Gasteiger partial charge in [-0.15, -0.1) is 0 Å². The van der Waals surface area contributed by atoms with Gasteiger partial charge in [0.2, 0.25) is 0 Å². The number of halogens is 1. The summed E-state index contributed by atoms with van der Waals surface area (Å²) in [5, 5.41) is 3.95. The molecule has 0 radical (unpaired) electrons. The van der Waals surface area contributed by atoms with Crippen LogP contribution in [0.15, 0.2) is 71.8 Å². The predicted octanol–water partition coefficient (Wildman–Crippen LogP) is 4.71. The number of H-pyrrole nitrogens is 1. The summed E-state index contributed by atoms with van der Waals surface area (Å²) < 4.78 is 33.5. The standard InChI is InChI=1S/C30H34ClN5O4S2/c1-21-10-11-26(35(2)42(38,39)27-9-6-12-32-29(27)31)28-24(21)17-25(34-28)30(37)33-18-23(19-36-13-15-40-16-14-36)41-20-22-7-4-3-5-8-22/h3-12,17,23,34H,13-16,18-20H2,1-2H3,(H,33,37). The molecule has 1 saturated heterocycles. The molecule has 1 atom stereocenters. The van der Waals surface area contributed by atoms with Gasteiger partial charge in [0.1, 0.15) is 15.7 Å². The van der Waals surface area contributed by atoms with Crippen molar-refractivity contribution in [2.24, 2.45) is 0 Å². The third-order valence-electron chi connectivity index (χ3n) is 7.32. The van der Waals surface area contributed by atoms with Gasteiger partial charge in [0, 0.05) is 55.8 Å². The summed E-state index contributed by atoms with van der Waals surface area (Å²) in [6.45, 7) is 6.45. The number of hydrogen-bond acceptors (Lipinski definition) is 7. The van der Waals surface area contributed by atoms with Crippen LogP contribution in [0.5, 0.6) is 0 Å². The molecule has 9 nitrogen and oxygen atoms in total. The molecule has 1 aliphatic rings. The molecule has 2 aromatic carbocycles. The number of benzene rings is 2. The molecule has 42 heavy (non-hydrogen) atoms. The number of hydrogen-bond donors (Lipinski definition) is 2. The lowest BCUT2D eigenvalue weighted by Crippen LogP contribution is -2.43. The molecule has 12 heteroatoms. The number of morpholine rings is 1. The largest absolute Gasteiger partial charge is 0.379 e. The van der Waals surface area contributed by atoms with E-state index in [0.29, 0.717) is 23.4 Å². The van der Waals surface area contributed by atoms with Crippen LogP contribution < -0.4 is 9.62 Å². The van der Waals surface area contributed by atoms with Crippen LogP contribution in [-0.4, -0.2) is 80.9 Å². The second-order valence-corrected chi connectivity index (χ2v) is 13.8. The molecule has 4 aromatic rings. The van der Waals surface area contributed by atoms with Crippen molar-refractivity contribution in [3.63, 3.8) is 0 Å². The highest BCUT2D eigenvalue weighted by molar-refractivity contribution is 7.99. The molecule has 0 spiro atoms. The first-order valence-corrected chi connectivity index (χ1v) is 16.6. The summed E-state index contributed by atoms with van der Waals surface area (Å²) in [5.74, 6) is 0.604. The quantitative estimate of drug-likeness (QED) is 0.232. The summed E-state index contributed by atoms with van der Waals surface area (Å²) in [5.41, 5.74) is 3.47. The fraction of sp³-hybridized carbons (Fsp3) is 0.333. The molecule has 2 N–H and O–H groups in total. The van der Waals surface area contributed by atoms with Crippen molar-refractivity contribution in [3.05, 3.63) is 88.8 Å². The molecule has 0 aliphatic carbocycles. The van der Waals surface area contributed by atoms with Crippen molar-refractivity contribution >= 4 is 55.9 Å². The number of pyridine rings is 1. The average Bonchev–Trinajstić information content (AvgIpc) is 3.46. The second-order valence-electron chi connectivity index (χ2n) is 10.2. The zero-order chi connectivity index (χ0) is 29.7. The minimum Gasteiger partial charge on any atom is -0.379 e. The van der Waals surface area contributed by atoms with E-state index in [-0.39, 0.29) is 21.2 Å². The van der Waals surface area contributed by atoms with E-state index >= 15 is 0 Å². The number of sulfonamides is 1. The van der Waals surface area contributed by atoms with E-state index in [0.717, 1.165) is 53.9 Å². The van der Waals surface area contributed by atoms with Gasteiger partial charge in [-0.1, -0.05) is 48.0 Å². The van der Waals surface area contributed by atoms with Crippen molar-refractivity contribution in [2.75, 3.05) is 50.7 Å². The molecule has 1 fully saturated rings. The maximum atomic E-state index is 13.4. The summed E-state index contributed by atoms with van der Waals surface area (Å²) in [4.78, 5) is 22.8. The van der Waals surface area contributed by atoms with Crippen LogP contribution in [0.2, 0.25) is 5.15 Å².